The predicted molar refractivity (Wildman–Crippen MR) is 69.4 cm³/mol. The van der Waals surface area contributed by atoms with Gasteiger partial charge in [-0.2, -0.15) is 0 Å². The molecule has 0 heterocycles. The number of hydrogen-bond acceptors (Lipinski definition) is 2. The van der Waals surface area contributed by atoms with Crippen molar-refractivity contribution in [1.82, 2.24) is 10.2 Å². The zero-order valence-electron chi connectivity index (χ0n) is 11.6. The van der Waals surface area contributed by atoms with E-state index in [1.165, 1.54) is 12.8 Å². The van der Waals surface area contributed by atoms with Crippen molar-refractivity contribution < 1.29 is 0 Å². The Bertz CT molecular complexity index is 145. The molecule has 0 rings (SSSR count). The van der Waals surface area contributed by atoms with Gasteiger partial charge in [0, 0.05) is 11.6 Å². The SMILES string of the molecule is CCCC(NCC)C(C)(C)N(CC)CC. The molecule has 1 unspecified atom stereocenters. The van der Waals surface area contributed by atoms with Gasteiger partial charge in [-0.1, -0.05) is 34.1 Å². The van der Waals surface area contributed by atoms with E-state index < -0.39 is 0 Å². The van der Waals surface area contributed by atoms with Crippen LogP contribution in [0, 0.1) is 0 Å². The first-order valence-corrected chi connectivity index (χ1v) is 6.52. The Labute approximate surface area is 96.4 Å². The highest BCUT2D eigenvalue weighted by molar-refractivity contribution is 4.92. The molecule has 92 valence electrons. The number of likely N-dealkylation sites (N-methyl/N-ethyl adjacent to an activating group) is 2. The minimum Gasteiger partial charge on any atom is -0.312 e. The standard InChI is InChI=1S/C13H30N2/c1-7-11-12(14-8-2)13(5,6)15(9-3)10-4/h12,14H,7-11H2,1-6H3. The van der Waals surface area contributed by atoms with Gasteiger partial charge in [-0.15, -0.1) is 0 Å². The van der Waals surface area contributed by atoms with E-state index >= 15 is 0 Å². The van der Waals surface area contributed by atoms with Crippen LogP contribution in [0.3, 0.4) is 0 Å². The first-order valence-electron chi connectivity index (χ1n) is 6.52. The summed E-state index contributed by atoms with van der Waals surface area (Å²) in [7, 11) is 0. The van der Waals surface area contributed by atoms with Crippen molar-refractivity contribution in [2.45, 2.75) is 66.0 Å². The molecule has 0 saturated carbocycles. The van der Waals surface area contributed by atoms with Crippen molar-refractivity contribution in [3.8, 4) is 0 Å². The Balaban J connectivity index is 4.58. The molecule has 2 heteroatoms. The van der Waals surface area contributed by atoms with Crippen LogP contribution in [0.15, 0.2) is 0 Å². The second-order valence-electron chi connectivity index (χ2n) is 4.72. The lowest BCUT2D eigenvalue weighted by atomic mass is 9.89. The average Bonchev–Trinajstić information content (AvgIpc) is 2.19. The molecule has 0 aliphatic carbocycles. The molecule has 2 nitrogen and oxygen atoms in total. The lowest BCUT2D eigenvalue weighted by molar-refractivity contribution is 0.0878. The lowest BCUT2D eigenvalue weighted by Crippen LogP contribution is -2.57. The Morgan fingerprint density at radius 3 is 1.93 bits per heavy atom. The molecule has 0 aromatic carbocycles. The average molecular weight is 214 g/mol. The third-order valence-electron chi connectivity index (χ3n) is 3.46. The van der Waals surface area contributed by atoms with Crippen LogP contribution in [0.2, 0.25) is 0 Å². The minimum absolute atomic E-state index is 0.259. The van der Waals surface area contributed by atoms with E-state index in [0.717, 1.165) is 19.6 Å². The first-order chi connectivity index (χ1) is 7.04. The number of hydrogen-bond donors (Lipinski definition) is 1. The normalized spacial score (nSPS) is 14.6. The van der Waals surface area contributed by atoms with Crippen molar-refractivity contribution >= 4 is 0 Å². The second kappa shape index (κ2) is 7.24. The van der Waals surface area contributed by atoms with Gasteiger partial charge in [0.05, 0.1) is 0 Å². The Hall–Kier alpha value is -0.0800. The van der Waals surface area contributed by atoms with Gasteiger partial charge < -0.3 is 5.32 Å². The molecule has 1 N–H and O–H groups in total. The molecule has 0 spiro atoms. The monoisotopic (exact) mass is 214 g/mol. The van der Waals surface area contributed by atoms with Crippen LogP contribution in [0.25, 0.3) is 0 Å². The van der Waals surface area contributed by atoms with Crippen molar-refractivity contribution in [3.05, 3.63) is 0 Å². The van der Waals surface area contributed by atoms with Crippen LogP contribution < -0.4 is 5.32 Å². The molecule has 0 aliphatic heterocycles. The summed E-state index contributed by atoms with van der Waals surface area (Å²) in [5, 5.41) is 3.63. The van der Waals surface area contributed by atoms with Gasteiger partial charge in [0.1, 0.15) is 0 Å². The lowest BCUT2D eigenvalue weighted by Gasteiger charge is -2.44. The van der Waals surface area contributed by atoms with E-state index in [1.54, 1.807) is 0 Å². The summed E-state index contributed by atoms with van der Waals surface area (Å²) < 4.78 is 0. The fourth-order valence-corrected chi connectivity index (χ4v) is 2.50. The molecule has 0 bridgehead atoms. The van der Waals surface area contributed by atoms with Gasteiger partial charge in [-0.25, -0.2) is 0 Å². The molecule has 0 amide bonds. The quantitative estimate of drug-likeness (QED) is 0.668. The molecule has 0 radical (unpaired) electrons. The zero-order chi connectivity index (χ0) is 11.9. The van der Waals surface area contributed by atoms with Crippen molar-refractivity contribution in [3.63, 3.8) is 0 Å². The van der Waals surface area contributed by atoms with Crippen LogP contribution in [0.1, 0.15) is 54.4 Å². The van der Waals surface area contributed by atoms with Crippen LogP contribution in [0.4, 0.5) is 0 Å². The van der Waals surface area contributed by atoms with Crippen LogP contribution >= 0.6 is 0 Å². The topological polar surface area (TPSA) is 15.3 Å². The van der Waals surface area contributed by atoms with E-state index in [1.807, 2.05) is 0 Å². The summed E-state index contributed by atoms with van der Waals surface area (Å²) in [5.74, 6) is 0. The fraction of sp³-hybridized carbons (Fsp3) is 1.00. The summed E-state index contributed by atoms with van der Waals surface area (Å²) in [6, 6.07) is 0.604. The molecule has 15 heavy (non-hydrogen) atoms. The summed E-state index contributed by atoms with van der Waals surface area (Å²) in [6.45, 7) is 17.0. The fourth-order valence-electron chi connectivity index (χ4n) is 2.50. The molecule has 1 atom stereocenters. The number of rotatable bonds is 8. The van der Waals surface area contributed by atoms with Crippen molar-refractivity contribution in [1.29, 1.82) is 0 Å². The molecule has 0 aromatic rings. The molecular weight excluding hydrogens is 184 g/mol. The predicted octanol–water partition coefficient (Wildman–Crippen LogP) is 2.89. The van der Waals surface area contributed by atoms with E-state index in [0.29, 0.717) is 6.04 Å². The smallest absolute Gasteiger partial charge is 0.0306 e. The maximum absolute atomic E-state index is 3.63. The first kappa shape index (κ1) is 14.9. The van der Waals surface area contributed by atoms with Crippen LogP contribution in [-0.2, 0) is 0 Å². The Morgan fingerprint density at radius 2 is 1.60 bits per heavy atom. The van der Waals surface area contributed by atoms with E-state index in [4.69, 9.17) is 0 Å². The van der Waals surface area contributed by atoms with E-state index in [2.05, 4.69) is 51.8 Å². The summed E-state index contributed by atoms with van der Waals surface area (Å²) in [6.07, 6.45) is 2.51. The van der Waals surface area contributed by atoms with Gasteiger partial charge in [0.15, 0.2) is 0 Å². The van der Waals surface area contributed by atoms with Gasteiger partial charge in [0.2, 0.25) is 0 Å². The highest BCUT2D eigenvalue weighted by atomic mass is 15.2. The highest BCUT2D eigenvalue weighted by Crippen LogP contribution is 2.22. The summed E-state index contributed by atoms with van der Waals surface area (Å²) >= 11 is 0. The van der Waals surface area contributed by atoms with Gasteiger partial charge in [-0.05, 0) is 39.9 Å². The molecule has 0 aromatic heterocycles. The largest absolute Gasteiger partial charge is 0.312 e. The van der Waals surface area contributed by atoms with Gasteiger partial charge in [-0.3, -0.25) is 4.90 Å². The van der Waals surface area contributed by atoms with Gasteiger partial charge in [0.25, 0.3) is 0 Å². The third kappa shape index (κ3) is 4.12. The molecule has 0 fully saturated rings. The third-order valence-corrected chi connectivity index (χ3v) is 3.46. The highest BCUT2D eigenvalue weighted by Gasteiger charge is 2.32. The molecule has 0 aliphatic rings. The maximum atomic E-state index is 3.63. The van der Waals surface area contributed by atoms with E-state index in [9.17, 15) is 0 Å². The molecular formula is C13H30N2. The van der Waals surface area contributed by atoms with Crippen molar-refractivity contribution in [2.75, 3.05) is 19.6 Å². The minimum atomic E-state index is 0.259. The van der Waals surface area contributed by atoms with Crippen molar-refractivity contribution in [2.24, 2.45) is 0 Å². The zero-order valence-corrected chi connectivity index (χ0v) is 11.6. The maximum Gasteiger partial charge on any atom is 0.0306 e. The van der Waals surface area contributed by atoms with Crippen LogP contribution in [-0.4, -0.2) is 36.1 Å². The number of nitrogens with one attached hydrogen (secondary N) is 1. The Kier molecular flexibility index (Phi) is 7.20. The second-order valence-corrected chi connectivity index (χ2v) is 4.72. The van der Waals surface area contributed by atoms with Gasteiger partial charge >= 0.3 is 0 Å². The molecule has 0 saturated heterocycles. The van der Waals surface area contributed by atoms with E-state index in [-0.39, 0.29) is 5.54 Å². The number of nitrogens with zero attached hydrogens (tertiary/aromatic N) is 1. The summed E-state index contributed by atoms with van der Waals surface area (Å²) in [4.78, 5) is 2.55. The summed E-state index contributed by atoms with van der Waals surface area (Å²) in [5.41, 5.74) is 0.259. The Morgan fingerprint density at radius 1 is 1.07 bits per heavy atom. The van der Waals surface area contributed by atoms with Crippen LogP contribution in [0.5, 0.6) is 0 Å².